The van der Waals surface area contributed by atoms with Crippen molar-refractivity contribution in [2.75, 3.05) is 17.7 Å². The lowest BCUT2D eigenvalue weighted by atomic mass is 10.0. The first kappa shape index (κ1) is 20.0. The largest absolute Gasteiger partial charge is 0.465 e. The highest BCUT2D eigenvalue weighted by atomic mass is 16.5. The van der Waals surface area contributed by atoms with Crippen molar-refractivity contribution < 1.29 is 14.3 Å². The van der Waals surface area contributed by atoms with E-state index in [-0.39, 0.29) is 5.69 Å². The maximum absolute atomic E-state index is 12.3. The van der Waals surface area contributed by atoms with Gasteiger partial charge in [0.2, 0.25) is 0 Å². The number of amides is 1. The number of carbonyl (C=O) groups excluding carboxylic acids is 2. The summed E-state index contributed by atoms with van der Waals surface area (Å²) in [4.78, 5) is 23.8. The smallest absolute Gasteiger partial charge is 0.337 e. The van der Waals surface area contributed by atoms with Crippen LogP contribution in [0.1, 0.15) is 46.2 Å². The number of nitrogens with one attached hydrogen (secondary N) is 2. The fourth-order valence-corrected chi connectivity index (χ4v) is 2.62. The molecule has 1 amide bonds. The first-order valence-corrected chi connectivity index (χ1v) is 9.16. The number of benzene rings is 2. The number of methoxy groups -OCH3 is 1. The fraction of sp³-hybridized carbons (Fsp3) is 0.182. The molecule has 7 heteroatoms. The highest BCUT2D eigenvalue weighted by molar-refractivity contribution is 6.03. The minimum Gasteiger partial charge on any atom is -0.465 e. The molecule has 0 bridgehead atoms. The van der Waals surface area contributed by atoms with Gasteiger partial charge in [0, 0.05) is 11.4 Å². The monoisotopic (exact) mass is 390 g/mol. The van der Waals surface area contributed by atoms with Gasteiger partial charge in [0.1, 0.15) is 0 Å². The molecule has 0 saturated heterocycles. The van der Waals surface area contributed by atoms with Crippen LogP contribution in [0.25, 0.3) is 0 Å². The number of aromatic nitrogens is 2. The number of nitrogens with zero attached hydrogens (tertiary/aromatic N) is 2. The minimum atomic E-state index is -0.435. The van der Waals surface area contributed by atoms with E-state index >= 15 is 0 Å². The molecule has 0 aliphatic carbocycles. The standard InChI is InChI=1S/C22H22N4O3/c1-14(2)15-4-8-17(9-5-15)23-20-13-12-19(25-26-20)21(27)24-18-10-6-16(7-11-18)22(28)29-3/h4-14H,1-3H3,(H,23,26)(H,24,27). The van der Waals surface area contributed by atoms with Gasteiger partial charge in [-0.2, -0.15) is 0 Å². The molecular weight excluding hydrogens is 368 g/mol. The Kier molecular flexibility index (Phi) is 6.19. The van der Waals surface area contributed by atoms with E-state index in [9.17, 15) is 9.59 Å². The second kappa shape index (κ2) is 8.97. The molecule has 1 heterocycles. The summed E-state index contributed by atoms with van der Waals surface area (Å²) in [5, 5.41) is 13.9. The van der Waals surface area contributed by atoms with E-state index in [0.29, 0.717) is 23.0 Å². The number of hydrogen-bond donors (Lipinski definition) is 2. The Morgan fingerprint density at radius 2 is 1.52 bits per heavy atom. The Hall–Kier alpha value is -3.74. The van der Waals surface area contributed by atoms with Crippen LogP contribution in [0.2, 0.25) is 0 Å². The van der Waals surface area contributed by atoms with Crippen LogP contribution >= 0.6 is 0 Å². The predicted molar refractivity (Wildman–Crippen MR) is 112 cm³/mol. The molecule has 1 aromatic heterocycles. The van der Waals surface area contributed by atoms with Crippen LogP contribution in [0.3, 0.4) is 0 Å². The van der Waals surface area contributed by atoms with Crippen molar-refractivity contribution in [3.8, 4) is 0 Å². The van der Waals surface area contributed by atoms with Crippen molar-refractivity contribution in [1.82, 2.24) is 10.2 Å². The van der Waals surface area contributed by atoms with Gasteiger partial charge in [-0.25, -0.2) is 4.79 Å². The molecule has 0 aliphatic rings. The Bertz CT molecular complexity index is 982. The van der Waals surface area contributed by atoms with E-state index in [1.54, 1.807) is 36.4 Å². The highest BCUT2D eigenvalue weighted by Crippen LogP contribution is 2.19. The summed E-state index contributed by atoms with van der Waals surface area (Å²) >= 11 is 0. The maximum Gasteiger partial charge on any atom is 0.337 e. The van der Waals surface area contributed by atoms with Crippen LogP contribution in [0.4, 0.5) is 17.2 Å². The zero-order valence-corrected chi connectivity index (χ0v) is 16.5. The third-order valence-electron chi connectivity index (χ3n) is 4.31. The molecule has 3 aromatic rings. The Labute approximate surface area is 169 Å². The van der Waals surface area contributed by atoms with Crippen molar-refractivity contribution >= 4 is 29.1 Å². The van der Waals surface area contributed by atoms with Gasteiger partial charge >= 0.3 is 5.97 Å². The van der Waals surface area contributed by atoms with E-state index in [1.165, 1.54) is 12.7 Å². The summed E-state index contributed by atoms with van der Waals surface area (Å²) in [5.74, 6) is 0.186. The molecule has 0 atom stereocenters. The van der Waals surface area contributed by atoms with E-state index in [0.717, 1.165) is 5.69 Å². The molecule has 2 N–H and O–H groups in total. The van der Waals surface area contributed by atoms with Crippen LogP contribution in [-0.2, 0) is 4.74 Å². The van der Waals surface area contributed by atoms with Gasteiger partial charge in [0.25, 0.3) is 5.91 Å². The summed E-state index contributed by atoms with van der Waals surface area (Å²) in [6.07, 6.45) is 0. The average molecular weight is 390 g/mol. The lowest BCUT2D eigenvalue weighted by Crippen LogP contribution is -2.14. The zero-order chi connectivity index (χ0) is 20.8. The van der Waals surface area contributed by atoms with Gasteiger partial charge in [-0.3, -0.25) is 4.79 Å². The lowest BCUT2D eigenvalue weighted by molar-refractivity contribution is 0.0600. The van der Waals surface area contributed by atoms with Crippen molar-refractivity contribution in [1.29, 1.82) is 0 Å². The topological polar surface area (TPSA) is 93.2 Å². The van der Waals surface area contributed by atoms with Gasteiger partial charge in [0.05, 0.1) is 12.7 Å². The Morgan fingerprint density at radius 1 is 0.862 bits per heavy atom. The predicted octanol–water partition coefficient (Wildman–Crippen LogP) is 4.38. The van der Waals surface area contributed by atoms with Gasteiger partial charge in [0.15, 0.2) is 11.5 Å². The molecule has 29 heavy (non-hydrogen) atoms. The van der Waals surface area contributed by atoms with Crippen LogP contribution in [0, 0.1) is 0 Å². The summed E-state index contributed by atoms with van der Waals surface area (Å²) in [5.41, 5.74) is 3.28. The molecule has 0 fully saturated rings. The molecule has 0 aliphatic heterocycles. The average Bonchev–Trinajstić information content (AvgIpc) is 2.74. The molecule has 0 radical (unpaired) electrons. The van der Waals surface area contributed by atoms with Gasteiger partial charge in [-0.05, 0) is 60.0 Å². The van der Waals surface area contributed by atoms with Crippen molar-refractivity contribution in [2.45, 2.75) is 19.8 Å². The number of hydrogen-bond acceptors (Lipinski definition) is 6. The van der Waals surface area contributed by atoms with E-state index in [1.807, 2.05) is 12.1 Å². The number of anilines is 3. The van der Waals surface area contributed by atoms with Crippen molar-refractivity contribution in [3.63, 3.8) is 0 Å². The highest BCUT2D eigenvalue weighted by Gasteiger charge is 2.10. The molecule has 148 valence electrons. The van der Waals surface area contributed by atoms with E-state index in [2.05, 4.69) is 51.5 Å². The number of rotatable bonds is 6. The summed E-state index contributed by atoms with van der Waals surface area (Å²) < 4.78 is 4.65. The number of carbonyl (C=O) groups is 2. The summed E-state index contributed by atoms with van der Waals surface area (Å²) in [7, 11) is 1.32. The zero-order valence-electron chi connectivity index (χ0n) is 16.5. The first-order valence-electron chi connectivity index (χ1n) is 9.16. The Balaban J connectivity index is 1.61. The molecule has 0 unspecified atom stereocenters. The van der Waals surface area contributed by atoms with Gasteiger partial charge in [-0.15, -0.1) is 10.2 Å². The molecule has 2 aromatic carbocycles. The summed E-state index contributed by atoms with van der Waals surface area (Å²) in [6, 6.07) is 17.8. The lowest BCUT2D eigenvalue weighted by Gasteiger charge is -2.09. The third kappa shape index (κ3) is 5.16. The SMILES string of the molecule is COC(=O)c1ccc(NC(=O)c2ccc(Nc3ccc(C(C)C)cc3)nn2)cc1. The quantitative estimate of drug-likeness (QED) is 0.607. The van der Waals surface area contributed by atoms with Gasteiger partial charge < -0.3 is 15.4 Å². The molecule has 7 nitrogen and oxygen atoms in total. The molecule has 0 spiro atoms. The van der Waals surface area contributed by atoms with Gasteiger partial charge in [-0.1, -0.05) is 26.0 Å². The first-order chi connectivity index (χ1) is 14.0. The molecule has 0 saturated carbocycles. The number of esters is 1. The second-order valence-electron chi connectivity index (χ2n) is 6.73. The van der Waals surface area contributed by atoms with Crippen LogP contribution in [0.15, 0.2) is 60.7 Å². The maximum atomic E-state index is 12.3. The van der Waals surface area contributed by atoms with Crippen LogP contribution < -0.4 is 10.6 Å². The Morgan fingerprint density at radius 3 is 2.07 bits per heavy atom. The van der Waals surface area contributed by atoms with E-state index < -0.39 is 11.9 Å². The van der Waals surface area contributed by atoms with Crippen molar-refractivity contribution in [3.05, 3.63) is 77.5 Å². The number of ether oxygens (including phenoxy) is 1. The summed E-state index contributed by atoms with van der Waals surface area (Å²) in [6.45, 7) is 4.29. The normalized spacial score (nSPS) is 10.5. The van der Waals surface area contributed by atoms with Crippen molar-refractivity contribution in [2.24, 2.45) is 0 Å². The molecule has 3 rings (SSSR count). The molecular formula is C22H22N4O3. The minimum absolute atomic E-state index is 0.183. The fourth-order valence-electron chi connectivity index (χ4n) is 2.62. The van der Waals surface area contributed by atoms with E-state index in [4.69, 9.17) is 0 Å². The van der Waals surface area contributed by atoms with Crippen LogP contribution in [0.5, 0.6) is 0 Å². The third-order valence-corrected chi connectivity index (χ3v) is 4.31. The van der Waals surface area contributed by atoms with Crippen LogP contribution in [-0.4, -0.2) is 29.2 Å². The second-order valence-corrected chi connectivity index (χ2v) is 6.73.